The van der Waals surface area contributed by atoms with Crippen molar-refractivity contribution in [3.63, 3.8) is 0 Å². The van der Waals surface area contributed by atoms with Gasteiger partial charge in [0.1, 0.15) is 16.4 Å². The number of benzene rings is 2. The number of aryl methyl sites for hydroxylation is 2. The molecule has 0 bridgehead atoms. The van der Waals surface area contributed by atoms with Gasteiger partial charge in [0.05, 0.1) is 31.0 Å². The monoisotopic (exact) mass is 560 g/mol. The Morgan fingerprint density at radius 3 is 2.51 bits per heavy atom. The molecule has 1 atom stereocenters. The molecule has 0 spiro atoms. The molecule has 1 aliphatic rings. The molecular formula is C26H22Cl2N2O6S. The molecule has 1 aliphatic heterocycles. The predicted octanol–water partition coefficient (Wildman–Crippen LogP) is 5.88. The molecule has 2 aromatic carbocycles. The largest absolute Gasteiger partial charge is 0.507 e. The number of anilines is 1. The number of esters is 1. The highest BCUT2D eigenvalue weighted by atomic mass is 35.5. The average Bonchev–Trinajstić information content (AvgIpc) is 3.35. The number of ether oxygens (including phenoxy) is 2. The molecule has 4 rings (SSSR count). The number of carbonyl (C=O) groups excluding carboxylic acids is 3. The van der Waals surface area contributed by atoms with Gasteiger partial charge in [-0.1, -0.05) is 40.6 Å². The van der Waals surface area contributed by atoms with Crippen molar-refractivity contribution in [2.45, 2.75) is 26.8 Å². The lowest BCUT2D eigenvalue weighted by Crippen LogP contribution is -2.29. The number of carbonyl (C=O) groups is 3. The number of aliphatic hydroxyl groups excluding tert-OH is 1. The van der Waals surface area contributed by atoms with Gasteiger partial charge < -0.3 is 14.6 Å². The second-order valence-corrected chi connectivity index (χ2v) is 9.97. The molecule has 0 unspecified atom stereocenters. The van der Waals surface area contributed by atoms with Crippen LogP contribution in [0.2, 0.25) is 10.0 Å². The van der Waals surface area contributed by atoms with Crippen molar-refractivity contribution in [2.75, 3.05) is 18.6 Å². The molecule has 1 N–H and O–H groups in total. The first-order valence-corrected chi connectivity index (χ1v) is 12.7. The van der Waals surface area contributed by atoms with E-state index >= 15 is 0 Å². The van der Waals surface area contributed by atoms with Gasteiger partial charge in [-0.3, -0.25) is 14.5 Å². The van der Waals surface area contributed by atoms with E-state index in [-0.39, 0.29) is 33.0 Å². The topological polar surface area (TPSA) is 106 Å². The van der Waals surface area contributed by atoms with Crippen LogP contribution in [0.4, 0.5) is 5.13 Å². The first-order chi connectivity index (χ1) is 17.6. The van der Waals surface area contributed by atoms with Crippen LogP contribution in [0.1, 0.15) is 45.0 Å². The van der Waals surface area contributed by atoms with E-state index in [1.165, 1.54) is 13.2 Å². The first kappa shape index (κ1) is 26.7. The number of methoxy groups -OCH3 is 1. The summed E-state index contributed by atoms with van der Waals surface area (Å²) < 4.78 is 10.3. The molecule has 1 amide bonds. The number of hydrogen-bond acceptors (Lipinski definition) is 8. The molecule has 1 fully saturated rings. The number of amides is 1. The Morgan fingerprint density at radius 2 is 1.89 bits per heavy atom. The lowest BCUT2D eigenvalue weighted by Gasteiger charge is -2.24. The standard InChI is InChI=1S/C26H22Cl2N2O6S/c1-5-36-25(34)23-13(3)29-26(37-23)30-20(17-8-6-14(27)11-18(17)28)19(22(32)24(30)33)21(31)16-9-7-15(35-4)10-12(16)2/h6-11,20,31H,5H2,1-4H3/t20-/m1/s1. The van der Waals surface area contributed by atoms with Gasteiger partial charge in [-0.05, 0) is 62.2 Å². The third kappa shape index (κ3) is 4.82. The van der Waals surface area contributed by atoms with Crippen LogP contribution in [0.5, 0.6) is 5.75 Å². The Balaban J connectivity index is 1.96. The number of rotatable bonds is 6. The Bertz CT molecular complexity index is 1470. The minimum Gasteiger partial charge on any atom is -0.507 e. The number of ketones is 1. The second kappa shape index (κ2) is 10.5. The van der Waals surface area contributed by atoms with Crippen LogP contribution in [0.3, 0.4) is 0 Å². The Hall–Kier alpha value is -3.40. The third-order valence-corrected chi connectivity index (χ3v) is 7.54. The second-order valence-electron chi connectivity index (χ2n) is 8.15. The zero-order chi connectivity index (χ0) is 27.0. The van der Waals surface area contributed by atoms with Crippen molar-refractivity contribution >= 4 is 63.1 Å². The smallest absolute Gasteiger partial charge is 0.350 e. The van der Waals surface area contributed by atoms with Crippen LogP contribution in [0.15, 0.2) is 42.0 Å². The lowest BCUT2D eigenvalue weighted by molar-refractivity contribution is -0.132. The summed E-state index contributed by atoms with van der Waals surface area (Å²) >= 11 is 13.5. The SMILES string of the molecule is CCOC(=O)c1sc(N2C(=O)C(=O)C(=C(O)c3ccc(OC)cc3C)[C@H]2c2ccc(Cl)cc2Cl)nc1C. The van der Waals surface area contributed by atoms with E-state index in [1.807, 2.05) is 0 Å². The molecule has 192 valence electrons. The van der Waals surface area contributed by atoms with Crippen molar-refractivity contribution in [3.05, 3.63) is 79.3 Å². The van der Waals surface area contributed by atoms with Crippen LogP contribution in [0, 0.1) is 13.8 Å². The third-order valence-electron chi connectivity index (χ3n) is 5.84. The van der Waals surface area contributed by atoms with Crippen LogP contribution in [-0.4, -0.2) is 41.5 Å². The van der Waals surface area contributed by atoms with Crippen LogP contribution in [-0.2, 0) is 14.3 Å². The van der Waals surface area contributed by atoms with Crippen molar-refractivity contribution in [2.24, 2.45) is 0 Å². The van der Waals surface area contributed by atoms with Gasteiger partial charge in [0, 0.05) is 15.6 Å². The van der Waals surface area contributed by atoms with Crippen LogP contribution < -0.4 is 9.64 Å². The minimum absolute atomic E-state index is 0.0872. The summed E-state index contributed by atoms with van der Waals surface area (Å²) in [6, 6.07) is 8.43. The van der Waals surface area contributed by atoms with Gasteiger partial charge >= 0.3 is 11.9 Å². The van der Waals surface area contributed by atoms with Crippen molar-refractivity contribution in [3.8, 4) is 5.75 Å². The van der Waals surface area contributed by atoms with Gasteiger partial charge in [-0.2, -0.15) is 0 Å². The number of hydrogen-bond donors (Lipinski definition) is 1. The number of aromatic nitrogens is 1. The number of nitrogens with zero attached hydrogens (tertiary/aromatic N) is 2. The molecule has 0 aliphatic carbocycles. The van der Waals surface area contributed by atoms with E-state index in [4.69, 9.17) is 32.7 Å². The normalized spacial score (nSPS) is 16.8. The summed E-state index contributed by atoms with van der Waals surface area (Å²) in [6.45, 7) is 5.19. The molecular weight excluding hydrogens is 539 g/mol. The number of halogens is 2. The van der Waals surface area contributed by atoms with E-state index in [1.54, 1.807) is 51.1 Å². The molecule has 0 radical (unpaired) electrons. The highest BCUT2D eigenvalue weighted by Gasteiger charge is 2.49. The molecule has 1 saturated heterocycles. The number of Topliss-reactive ketones (excluding diaryl/α,β-unsaturated/α-hetero) is 1. The average molecular weight is 561 g/mol. The quantitative estimate of drug-likeness (QED) is 0.173. The van der Waals surface area contributed by atoms with E-state index in [9.17, 15) is 19.5 Å². The maximum Gasteiger partial charge on any atom is 0.350 e. The fraction of sp³-hybridized carbons (Fsp3) is 0.231. The van der Waals surface area contributed by atoms with Gasteiger partial charge in [0.15, 0.2) is 5.13 Å². The summed E-state index contributed by atoms with van der Waals surface area (Å²) in [4.78, 5) is 45.0. The molecule has 2 heterocycles. The lowest BCUT2D eigenvalue weighted by atomic mass is 9.94. The Morgan fingerprint density at radius 1 is 1.16 bits per heavy atom. The van der Waals surface area contributed by atoms with Crippen molar-refractivity contribution < 1.29 is 29.0 Å². The van der Waals surface area contributed by atoms with Crippen molar-refractivity contribution in [1.82, 2.24) is 4.98 Å². The van der Waals surface area contributed by atoms with Gasteiger partial charge in [-0.15, -0.1) is 0 Å². The summed E-state index contributed by atoms with van der Waals surface area (Å²) in [5, 5.41) is 12.0. The van der Waals surface area contributed by atoms with Crippen molar-refractivity contribution in [1.29, 1.82) is 0 Å². The Kier molecular flexibility index (Phi) is 7.59. The molecule has 1 aromatic heterocycles. The highest BCUT2D eigenvalue weighted by Crippen LogP contribution is 2.46. The molecule has 8 nitrogen and oxygen atoms in total. The summed E-state index contributed by atoms with van der Waals surface area (Å²) in [5.41, 5.74) is 1.49. The van der Waals surface area contributed by atoms with Gasteiger partial charge in [0.2, 0.25) is 0 Å². The minimum atomic E-state index is -1.13. The number of thiazole rings is 1. The maximum atomic E-state index is 13.4. The molecule has 0 saturated carbocycles. The summed E-state index contributed by atoms with van der Waals surface area (Å²) in [7, 11) is 1.52. The zero-order valence-electron chi connectivity index (χ0n) is 20.3. The molecule has 3 aromatic rings. The van der Waals surface area contributed by atoms with E-state index in [0.29, 0.717) is 33.2 Å². The first-order valence-electron chi connectivity index (χ1n) is 11.1. The van der Waals surface area contributed by atoms with E-state index in [2.05, 4.69) is 4.98 Å². The predicted molar refractivity (Wildman–Crippen MR) is 142 cm³/mol. The van der Waals surface area contributed by atoms with E-state index in [0.717, 1.165) is 16.2 Å². The molecule has 37 heavy (non-hydrogen) atoms. The Labute approximate surface area is 227 Å². The fourth-order valence-corrected chi connectivity index (χ4v) is 5.59. The van der Waals surface area contributed by atoms with E-state index < -0.39 is 23.7 Å². The highest BCUT2D eigenvalue weighted by molar-refractivity contribution is 7.17. The zero-order valence-corrected chi connectivity index (χ0v) is 22.6. The summed E-state index contributed by atoms with van der Waals surface area (Å²) in [5.74, 6) is -2.25. The molecule has 11 heteroatoms. The van der Waals surface area contributed by atoms with Gasteiger partial charge in [0.25, 0.3) is 5.78 Å². The van der Waals surface area contributed by atoms with Crippen LogP contribution in [0.25, 0.3) is 5.76 Å². The summed E-state index contributed by atoms with van der Waals surface area (Å²) in [6.07, 6.45) is 0. The maximum absolute atomic E-state index is 13.4. The van der Waals surface area contributed by atoms with Gasteiger partial charge in [-0.25, -0.2) is 9.78 Å². The number of aliphatic hydroxyl groups is 1. The fourth-order valence-electron chi connectivity index (χ4n) is 4.09. The van der Waals surface area contributed by atoms with Crippen LogP contribution >= 0.6 is 34.5 Å².